The van der Waals surface area contributed by atoms with E-state index in [2.05, 4.69) is 20.5 Å². The summed E-state index contributed by atoms with van der Waals surface area (Å²) in [6, 6.07) is 9.30. The van der Waals surface area contributed by atoms with E-state index in [0.717, 1.165) is 37.8 Å². The monoisotopic (exact) mass is 436 g/mol. The molecule has 2 heterocycles. The highest BCUT2D eigenvalue weighted by Crippen LogP contribution is 2.25. The Labute approximate surface area is 177 Å². The number of nitrogens with zero attached hydrogens (tertiary/aromatic N) is 2. The minimum atomic E-state index is -3.72. The van der Waals surface area contributed by atoms with Gasteiger partial charge in [0.1, 0.15) is 16.5 Å². The molecule has 1 aliphatic rings. The van der Waals surface area contributed by atoms with E-state index in [1.54, 1.807) is 6.26 Å². The predicted molar refractivity (Wildman–Crippen MR) is 115 cm³/mol. The van der Waals surface area contributed by atoms with Crippen LogP contribution in [0.3, 0.4) is 0 Å². The molecule has 0 amide bonds. The molecule has 1 aromatic heterocycles. The molecular formula is C21H29FN4O3S. The van der Waals surface area contributed by atoms with Gasteiger partial charge in [-0.25, -0.2) is 12.8 Å². The van der Waals surface area contributed by atoms with Gasteiger partial charge >= 0.3 is 0 Å². The Bertz CT molecular complexity index is 925. The van der Waals surface area contributed by atoms with Crippen LogP contribution in [0, 0.1) is 5.82 Å². The van der Waals surface area contributed by atoms with Gasteiger partial charge in [-0.3, -0.25) is 9.89 Å². The van der Waals surface area contributed by atoms with Crippen molar-refractivity contribution in [1.29, 1.82) is 0 Å². The first kappa shape index (κ1) is 22.3. The van der Waals surface area contributed by atoms with E-state index in [1.165, 1.54) is 18.2 Å². The fourth-order valence-electron chi connectivity index (χ4n) is 3.55. The number of hydrogen-bond acceptors (Lipinski definition) is 5. The maximum Gasteiger partial charge on any atom is 0.191 e. The zero-order valence-electron chi connectivity index (χ0n) is 17.2. The number of halogens is 1. The molecule has 0 bridgehead atoms. The first-order chi connectivity index (χ1) is 14.5. The lowest BCUT2D eigenvalue weighted by Gasteiger charge is -2.24. The molecule has 164 valence electrons. The van der Waals surface area contributed by atoms with Crippen molar-refractivity contribution in [2.24, 2.45) is 4.99 Å². The lowest BCUT2D eigenvalue weighted by Crippen LogP contribution is -2.40. The third-order valence-corrected chi connectivity index (χ3v) is 6.80. The highest BCUT2D eigenvalue weighted by atomic mass is 32.2. The third kappa shape index (κ3) is 5.82. The van der Waals surface area contributed by atoms with Crippen LogP contribution in [0.4, 0.5) is 4.39 Å². The van der Waals surface area contributed by atoms with E-state index < -0.39 is 15.7 Å². The highest BCUT2D eigenvalue weighted by Gasteiger charge is 2.25. The van der Waals surface area contributed by atoms with E-state index in [0.29, 0.717) is 19.0 Å². The number of aliphatic imine (C=N–C) groups is 1. The quantitative estimate of drug-likeness (QED) is 0.464. The van der Waals surface area contributed by atoms with Gasteiger partial charge in [0.2, 0.25) is 0 Å². The third-order valence-electron chi connectivity index (χ3n) is 5.05. The maximum atomic E-state index is 13.8. The Balaban J connectivity index is 1.63. The molecule has 30 heavy (non-hydrogen) atoms. The summed E-state index contributed by atoms with van der Waals surface area (Å²) in [5.41, 5.74) is 0. The van der Waals surface area contributed by atoms with E-state index in [-0.39, 0.29) is 23.2 Å². The Hall–Kier alpha value is -2.39. The minimum absolute atomic E-state index is 0.0418. The summed E-state index contributed by atoms with van der Waals surface area (Å²) in [6.45, 7) is 5.21. The molecule has 0 aliphatic carbocycles. The van der Waals surface area contributed by atoms with E-state index in [9.17, 15) is 12.8 Å². The molecule has 2 N–H and O–H groups in total. The summed E-state index contributed by atoms with van der Waals surface area (Å²) in [5.74, 6) is 0.437. The SMILES string of the molecule is CCNC(=NCC(c1ccco1)N1CCCC1)NCCS(=O)(=O)c1ccccc1F. The number of hydrogen-bond donors (Lipinski definition) is 2. The molecule has 0 spiro atoms. The van der Waals surface area contributed by atoms with E-state index in [4.69, 9.17) is 4.42 Å². The van der Waals surface area contributed by atoms with Crippen LogP contribution in [-0.4, -0.2) is 57.8 Å². The molecular weight excluding hydrogens is 407 g/mol. The lowest BCUT2D eigenvalue weighted by molar-refractivity contribution is 0.221. The Morgan fingerprint density at radius 2 is 1.97 bits per heavy atom. The molecule has 7 nitrogen and oxygen atoms in total. The highest BCUT2D eigenvalue weighted by molar-refractivity contribution is 7.91. The molecule has 3 rings (SSSR count). The fourth-order valence-corrected chi connectivity index (χ4v) is 4.79. The maximum absolute atomic E-state index is 13.8. The second-order valence-electron chi connectivity index (χ2n) is 7.17. The minimum Gasteiger partial charge on any atom is -0.468 e. The van der Waals surface area contributed by atoms with Crippen molar-refractivity contribution in [3.05, 3.63) is 54.2 Å². The number of rotatable bonds is 9. The molecule has 1 saturated heterocycles. The normalized spacial score (nSPS) is 16.5. The standard InChI is InChI=1S/C21H29FN4O3S/c1-2-23-21(24-11-15-30(27,28)20-10-4-3-8-17(20)22)25-16-18(19-9-7-14-29-19)26-12-5-6-13-26/h3-4,7-10,14,18H,2,5-6,11-13,15-16H2,1H3,(H2,23,24,25). The summed E-state index contributed by atoms with van der Waals surface area (Å²) in [6.07, 6.45) is 3.99. The molecule has 0 radical (unpaired) electrons. The molecule has 0 saturated carbocycles. The van der Waals surface area contributed by atoms with Crippen molar-refractivity contribution in [2.75, 3.05) is 38.5 Å². The number of benzene rings is 1. The molecule has 9 heteroatoms. The first-order valence-electron chi connectivity index (χ1n) is 10.3. The van der Waals surface area contributed by atoms with Crippen LogP contribution in [-0.2, 0) is 9.84 Å². The average molecular weight is 437 g/mol. The van der Waals surface area contributed by atoms with Gasteiger partial charge in [-0.05, 0) is 57.1 Å². The topological polar surface area (TPSA) is 86.9 Å². The van der Waals surface area contributed by atoms with Crippen molar-refractivity contribution >= 4 is 15.8 Å². The second kappa shape index (κ2) is 10.6. The van der Waals surface area contributed by atoms with Crippen molar-refractivity contribution < 1.29 is 17.2 Å². The van der Waals surface area contributed by atoms with Gasteiger partial charge in [-0.2, -0.15) is 0 Å². The van der Waals surface area contributed by atoms with Gasteiger partial charge in [0.15, 0.2) is 15.8 Å². The van der Waals surface area contributed by atoms with Gasteiger partial charge < -0.3 is 15.1 Å². The van der Waals surface area contributed by atoms with Crippen LogP contribution in [0.2, 0.25) is 0 Å². The Morgan fingerprint density at radius 1 is 1.20 bits per heavy atom. The van der Waals surface area contributed by atoms with Gasteiger partial charge in [0, 0.05) is 13.1 Å². The molecule has 1 unspecified atom stereocenters. The molecule has 1 atom stereocenters. The van der Waals surface area contributed by atoms with Crippen LogP contribution >= 0.6 is 0 Å². The van der Waals surface area contributed by atoms with Crippen molar-refractivity contribution in [3.63, 3.8) is 0 Å². The molecule has 1 aromatic carbocycles. The van der Waals surface area contributed by atoms with Crippen LogP contribution in [0.15, 0.2) is 57.0 Å². The number of sulfone groups is 1. The largest absolute Gasteiger partial charge is 0.468 e. The second-order valence-corrected chi connectivity index (χ2v) is 9.25. The van der Waals surface area contributed by atoms with Gasteiger partial charge in [0.25, 0.3) is 0 Å². The fraction of sp³-hybridized carbons (Fsp3) is 0.476. The summed E-state index contributed by atoms with van der Waals surface area (Å²) in [5, 5.41) is 6.18. The zero-order valence-corrected chi connectivity index (χ0v) is 18.0. The number of nitrogens with one attached hydrogen (secondary N) is 2. The van der Waals surface area contributed by atoms with Crippen LogP contribution in [0.1, 0.15) is 31.6 Å². The van der Waals surface area contributed by atoms with Gasteiger partial charge in [-0.1, -0.05) is 12.1 Å². The lowest BCUT2D eigenvalue weighted by atomic mass is 10.2. The van der Waals surface area contributed by atoms with Crippen LogP contribution < -0.4 is 10.6 Å². The summed E-state index contributed by atoms with van der Waals surface area (Å²) in [4.78, 5) is 6.73. The van der Waals surface area contributed by atoms with Crippen LogP contribution in [0.5, 0.6) is 0 Å². The van der Waals surface area contributed by atoms with Gasteiger partial charge in [0.05, 0.1) is 24.6 Å². The van der Waals surface area contributed by atoms with Crippen LogP contribution in [0.25, 0.3) is 0 Å². The van der Waals surface area contributed by atoms with E-state index >= 15 is 0 Å². The molecule has 2 aromatic rings. The number of likely N-dealkylation sites (tertiary alicyclic amines) is 1. The first-order valence-corrected chi connectivity index (χ1v) is 11.9. The predicted octanol–water partition coefficient (Wildman–Crippen LogP) is 2.58. The smallest absolute Gasteiger partial charge is 0.191 e. The Kier molecular flexibility index (Phi) is 7.87. The summed E-state index contributed by atoms with van der Waals surface area (Å²) in [7, 11) is -3.72. The van der Waals surface area contributed by atoms with Gasteiger partial charge in [-0.15, -0.1) is 0 Å². The van der Waals surface area contributed by atoms with Crippen molar-refractivity contribution in [2.45, 2.75) is 30.7 Å². The average Bonchev–Trinajstić information content (AvgIpc) is 3.43. The summed E-state index contributed by atoms with van der Waals surface area (Å²) >= 11 is 0. The molecule has 1 fully saturated rings. The zero-order chi connectivity index (χ0) is 21.4. The summed E-state index contributed by atoms with van der Waals surface area (Å²) < 4.78 is 44.3. The molecule has 1 aliphatic heterocycles. The van der Waals surface area contributed by atoms with E-state index in [1.807, 2.05) is 19.1 Å². The number of furan rings is 1. The number of guanidine groups is 1. The van der Waals surface area contributed by atoms with Crippen molar-refractivity contribution in [1.82, 2.24) is 15.5 Å². The Morgan fingerprint density at radius 3 is 2.63 bits per heavy atom. The van der Waals surface area contributed by atoms with Crippen molar-refractivity contribution in [3.8, 4) is 0 Å².